The summed E-state index contributed by atoms with van der Waals surface area (Å²) < 4.78 is 10.6. The molecule has 1 aromatic heterocycles. The number of thioether (sulfide) groups is 1. The van der Waals surface area contributed by atoms with Gasteiger partial charge in [-0.05, 0) is 19.1 Å². The first-order valence-electron chi connectivity index (χ1n) is 7.63. The van der Waals surface area contributed by atoms with Crippen molar-refractivity contribution in [1.29, 1.82) is 0 Å². The summed E-state index contributed by atoms with van der Waals surface area (Å²) in [6.07, 6.45) is 0. The highest BCUT2D eigenvalue weighted by atomic mass is 32.2. The second-order valence-corrected chi connectivity index (χ2v) is 7.84. The van der Waals surface area contributed by atoms with Crippen LogP contribution in [0.2, 0.25) is 0 Å². The standard InChI is InChI=1S/C16H20N4O3S/c1-9(24-15-18-14(19-20-15)16(2,3)4)13(21)17-10-5-6-11-12(7-10)23-8-22-11/h5-7,9H,8H2,1-4H3,(H,17,21)(H,18,19,20)/t9-/m1/s1. The molecule has 1 amide bonds. The Kier molecular flexibility index (Phi) is 4.40. The zero-order valence-corrected chi connectivity index (χ0v) is 14.9. The van der Waals surface area contributed by atoms with Gasteiger partial charge in [0.1, 0.15) is 5.82 Å². The number of ether oxygens (including phenoxy) is 2. The summed E-state index contributed by atoms with van der Waals surface area (Å²) >= 11 is 1.31. The Hall–Kier alpha value is -2.22. The van der Waals surface area contributed by atoms with Crippen molar-refractivity contribution in [1.82, 2.24) is 15.2 Å². The molecular formula is C16H20N4O3S. The number of carbonyl (C=O) groups is 1. The van der Waals surface area contributed by atoms with Crippen molar-refractivity contribution >= 4 is 23.4 Å². The number of hydrogen-bond donors (Lipinski definition) is 2. The SMILES string of the molecule is C[C@@H](Sc1n[nH]c(C(C)(C)C)n1)C(=O)Nc1ccc2c(c1)OCO2. The van der Waals surface area contributed by atoms with Crippen LogP contribution < -0.4 is 14.8 Å². The van der Waals surface area contributed by atoms with Crippen LogP contribution in [0.15, 0.2) is 23.4 Å². The number of anilines is 1. The Labute approximate surface area is 144 Å². The molecule has 0 saturated heterocycles. The Morgan fingerprint density at radius 3 is 2.79 bits per heavy atom. The number of aromatic nitrogens is 3. The molecule has 1 aliphatic rings. The largest absolute Gasteiger partial charge is 0.454 e. The van der Waals surface area contributed by atoms with Gasteiger partial charge in [-0.25, -0.2) is 4.98 Å². The molecule has 2 heterocycles. The van der Waals surface area contributed by atoms with Crippen molar-refractivity contribution in [2.45, 2.75) is 43.5 Å². The summed E-state index contributed by atoms with van der Waals surface area (Å²) in [7, 11) is 0. The fraction of sp³-hybridized carbons (Fsp3) is 0.438. The maximum atomic E-state index is 12.4. The lowest BCUT2D eigenvalue weighted by atomic mass is 9.96. The van der Waals surface area contributed by atoms with Crippen molar-refractivity contribution in [2.75, 3.05) is 12.1 Å². The third-order valence-electron chi connectivity index (χ3n) is 3.47. The number of amides is 1. The first-order valence-corrected chi connectivity index (χ1v) is 8.51. The quantitative estimate of drug-likeness (QED) is 0.826. The van der Waals surface area contributed by atoms with Crippen molar-refractivity contribution in [3.05, 3.63) is 24.0 Å². The van der Waals surface area contributed by atoms with E-state index >= 15 is 0 Å². The highest BCUT2D eigenvalue weighted by molar-refractivity contribution is 8.00. The van der Waals surface area contributed by atoms with E-state index in [4.69, 9.17) is 9.47 Å². The predicted octanol–water partition coefficient (Wildman–Crippen LogP) is 2.95. The normalized spacial score (nSPS) is 14.5. The van der Waals surface area contributed by atoms with Gasteiger partial charge >= 0.3 is 0 Å². The molecule has 0 bridgehead atoms. The summed E-state index contributed by atoms with van der Waals surface area (Å²) in [5.41, 5.74) is 0.561. The summed E-state index contributed by atoms with van der Waals surface area (Å²) in [4.78, 5) is 16.8. The van der Waals surface area contributed by atoms with Gasteiger partial charge < -0.3 is 14.8 Å². The minimum atomic E-state index is -0.334. The number of nitrogens with one attached hydrogen (secondary N) is 2. The van der Waals surface area contributed by atoms with E-state index in [2.05, 4.69) is 41.3 Å². The zero-order valence-electron chi connectivity index (χ0n) is 14.0. The van der Waals surface area contributed by atoms with Crippen LogP contribution >= 0.6 is 11.8 Å². The van der Waals surface area contributed by atoms with Gasteiger partial charge in [0, 0.05) is 17.2 Å². The highest BCUT2D eigenvalue weighted by Crippen LogP contribution is 2.34. The van der Waals surface area contributed by atoms with E-state index in [1.165, 1.54) is 11.8 Å². The van der Waals surface area contributed by atoms with Crippen LogP contribution in [0.5, 0.6) is 11.5 Å². The molecule has 0 spiro atoms. The molecular weight excluding hydrogens is 328 g/mol. The van der Waals surface area contributed by atoms with Gasteiger partial charge in [0.2, 0.25) is 17.9 Å². The molecule has 1 aliphatic heterocycles. The number of carbonyl (C=O) groups excluding carboxylic acids is 1. The molecule has 128 valence electrons. The van der Waals surface area contributed by atoms with Gasteiger partial charge in [-0.15, -0.1) is 5.10 Å². The number of aromatic amines is 1. The highest BCUT2D eigenvalue weighted by Gasteiger charge is 2.22. The van der Waals surface area contributed by atoms with E-state index in [0.717, 1.165) is 5.82 Å². The summed E-state index contributed by atoms with van der Waals surface area (Å²) in [5, 5.41) is 10.2. The number of H-pyrrole nitrogens is 1. The fourth-order valence-electron chi connectivity index (χ4n) is 2.06. The average Bonchev–Trinajstić information content (AvgIpc) is 3.14. The molecule has 0 fully saturated rings. The van der Waals surface area contributed by atoms with Crippen LogP contribution in [-0.2, 0) is 10.2 Å². The lowest BCUT2D eigenvalue weighted by molar-refractivity contribution is -0.115. The van der Waals surface area contributed by atoms with Gasteiger partial charge in [0.25, 0.3) is 0 Å². The van der Waals surface area contributed by atoms with Gasteiger partial charge in [0.15, 0.2) is 11.5 Å². The Bertz CT molecular complexity index is 754. The number of benzene rings is 1. The summed E-state index contributed by atoms with van der Waals surface area (Å²) in [6.45, 7) is 8.19. The van der Waals surface area contributed by atoms with Crippen molar-refractivity contribution in [2.24, 2.45) is 0 Å². The number of hydrogen-bond acceptors (Lipinski definition) is 6. The third-order valence-corrected chi connectivity index (χ3v) is 4.43. The predicted molar refractivity (Wildman–Crippen MR) is 91.6 cm³/mol. The molecule has 3 rings (SSSR count). The number of rotatable bonds is 4. The van der Waals surface area contributed by atoms with Gasteiger partial charge in [-0.3, -0.25) is 9.89 Å². The topological polar surface area (TPSA) is 89.1 Å². The number of nitrogens with zero attached hydrogens (tertiary/aromatic N) is 2. The second kappa shape index (κ2) is 6.35. The molecule has 0 unspecified atom stereocenters. The Balaban J connectivity index is 1.61. The van der Waals surface area contributed by atoms with Crippen LogP contribution in [-0.4, -0.2) is 33.1 Å². The molecule has 0 aliphatic carbocycles. The third kappa shape index (κ3) is 3.64. The summed E-state index contributed by atoms with van der Waals surface area (Å²) in [5.74, 6) is 2.00. The van der Waals surface area contributed by atoms with Crippen molar-refractivity contribution in [3.8, 4) is 11.5 Å². The molecule has 1 aromatic carbocycles. The maximum absolute atomic E-state index is 12.4. The zero-order chi connectivity index (χ0) is 17.3. The second-order valence-electron chi connectivity index (χ2n) is 6.53. The molecule has 8 heteroatoms. The van der Waals surface area contributed by atoms with Gasteiger partial charge in [-0.2, -0.15) is 0 Å². The molecule has 1 atom stereocenters. The van der Waals surface area contributed by atoms with Gasteiger partial charge in [-0.1, -0.05) is 32.5 Å². The van der Waals surface area contributed by atoms with E-state index in [9.17, 15) is 4.79 Å². The molecule has 2 aromatic rings. The van der Waals surface area contributed by atoms with Crippen LogP contribution in [0, 0.1) is 0 Å². The van der Waals surface area contributed by atoms with Crippen molar-refractivity contribution in [3.63, 3.8) is 0 Å². The Morgan fingerprint density at radius 2 is 2.08 bits per heavy atom. The molecule has 0 radical (unpaired) electrons. The molecule has 0 saturated carbocycles. The molecule has 7 nitrogen and oxygen atoms in total. The molecule has 24 heavy (non-hydrogen) atoms. The summed E-state index contributed by atoms with van der Waals surface area (Å²) in [6, 6.07) is 5.32. The first-order chi connectivity index (χ1) is 11.3. The smallest absolute Gasteiger partial charge is 0.237 e. The number of fused-ring (bicyclic) bond motifs is 1. The monoisotopic (exact) mass is 348 g/mol. The minimum Gasteiger partial charge on any atom is -0.454 e. The first kappa shape index (κ1) is 16.6. The lowest BCUT2D eigenvalue weighted by Crippen LogP contribution is -2.22. The maximum Gasteiger partial charge on any atom is 0.237 e. The van der Waals surface area contributed by atoms with E-state index in [1.54, 1.807) is 18.2 Å². The van der Waals surface area contributed by atoms with Crippen molar-refractivity contribution < 1.29 is 14.3 Å². The van der Waals surface area contributed by atoms with Crippen LogP contribution in [0.4, 0.5) is 5.69 Å². The lowest BCUT2D eigenvalue weighted by Gasteiger charge is -2.13. The van der Waals surface area contributed by atoms with Gasteiger partial charge in [0.05, 0.1) is 5.25 Å². The van der Waals surface area contributed by atoms with E-state index in [0.29, 0.717) is 22.3 Å². The van der Waals surface area contributed by atoms with E-state index < -0.39 is 0 Å². The fourth-order valence-corrected chi connectivity index (χ4v) is 2.79. The molecule has 2 N–H and O–H groups in total. The van der Waals surface area contributed by atoms with Crippen LogP contribution in [0.1, 0.15) is 33.5 Å². The average molecular weight is 348 g/mol. The van der Waals surface area contributed by atoms with Crippen LogP contribution in [0.3, 0.4) is 0 Å². The minimum absolute atomic E-state index is 0.107. The Morgan fingerprint density at radius 1 is 1.33 bits per heavy atom. The van der Waals surface area contributed by atoms with E-state index in [1.807, 2.05) is 6.92 Å². The van der Waals surface area contributed by atoms with E-state index in [-0.39, 0.29) is 23.4 Å². The van der Waals surface area contributed by atoms with Crippen LogP contribution in [0.25, 0.3) is 0 Å².